The van der Waals surface area contributed by atoms with Crippen LogP contribution in [0.1, 0.15) is 86.2 Å². The van der Waals surface area contributed by atoms with Gasteiger partial charge in [0, 0.05) is 80.9 Å². The van der Waals surface area contributed by atoms with Crippen LogP contribution < -0.4 is 25.4 Å². The molecule has 0 atom stereocenters. The number of amides is 1. The van der Waals surface area contributed by atoms with E-state index in [0.717, 1.165) is 100 Å². The average molecular weight is 884 g/mol. The second-order valence-corrected chi connectivity index (χ2v) is 19.8. The maximum Gasteiger partial charge on any atom is 0.293 e. The average Bonchev–Trinajstić information content (AvgIpc) is 4.11. The maximum absolute atomic E-state index is 14.0. The lowest BCUT2D eigenvalue weighted by Gasteiger charge is -2.39. The monoisotopic (exact) mass is 883 g/mol. The van der Waals surface area contributed by atoms with Crippen LogP contribution in [-0.4, -0.2) is 81.6 Å². The SMILES string of the molecule is CC1(C)CCC(CN2CCN(c3ccc(C(=O)NS(=O)(=O)c4ccc(NCC5CCOCC5)c([N+](=O)[O-])c4)c(Oc4cnc(N)c(C5CC5)c4)c3)CC2)=C(c2ccc(Cl)cc2)C1. The summed E-state index contributed by atoms with van der Waals surface area (Å²) in [4.78, 5) is 34.1. The van der Waals surface area contributed by atoms with Crippen LogP contribution in [0.5, 0.6) is 11.5 Å². The first kappa shape index (κ1) is 43.4. The number of piperazine rings is 1. The molecule has 0 bridgehead atoms. The quantitative estimate of drug-likeness (QED) is 0.0811. The number of carbonyl (C=O) groups excluding carboxylic acids is 1. The van der Waals surface area contributed by atoms with E-state index < -0.39 is 31.4 Å². The van der Waals surface area contributed by atoms with Crippen LogP contribution in [0.2, 0.25) is 5.02 Å². The number of nitrogens with one attached hydrogen (secondary N) is 2. The lowest BCUT2D eigenvalue weighted by molar-refractivity contribution is -0.384. The molecule has 16 heteroatoms. The van der Waals surface area contributed by atoms with Gasteiger partial charge in [-0.3, -0.25) is 19.8 Å². The highest BCUT2D eigenvalue weighted by atomic mass is 35.5. The van der Waals surface area contributed by atoms with Gasteiger partial charge in [-0.1, -0.05) is 43.2 Å². The summed E-state index contributed by atoms with van der Waals surface area (Å²) in [6.45, 7) is 10.4. The molecule has 3 heterocycles. The number of hydrogen-bond acceptors (Lipinski definition) is 12. The molecule has 1 aromatic heterocycles. The molecule has 2 aliphatic carbocycles. The molecule has 62 heavy (non-hydrogen) atoms. The minimum atomic E-state index is -4.56. The van der Waals surface area contributed by atoms with E-state index in [4.69, 9.17) is 26.8 Å². The molecular weight excluding hydrogens is 830 g/mol. The van der Waals surface area contributed by atoms with E-state index >= 15 is 0 Å². The third-order valence-electron chi connectivity index (χ3n) is 12.5. The number of nitrogens with two attached hydrogens (primary N) is 1. The van der Waals surface area contributed by atoms with Gasteiger partial charge in [-0.2, -0.15) is 0 Å². The Morgan fingerprint density at radius 2 is 1.76 bits per heavy atom. The number of allylic oxidation sites excluding steroid dienone is 1. The number of nitro benzene ring substituents is 1. The van der Waals surface area contributed by atoms with E-state index in [1.165, 1.54) is 35.0 Å². The van der Waals surface area contributed by atoms with Gasteiger partial charge in [-0.15, -0.1) is 0 Å². The van der Waals surface area contributed by atoms with Crippen molar-refractivity contribution in [3.63, 3.8) is 0 Å². The number of anilines is 3. The number of benzene rings is 3. The number of hydrogen-bond donors (Lipinski definition) is 3. The van der Waals surface area contributed by atoms with Crippen molar-refractivity contribution in [2.24, 2.45) is 11.3 Å². The van der Waals surface area contributed by atoms with Gasteiger partial charge in [0.05, 0.1) is 21.6 Å². The minimum Gasteiger partial charge on any atom is -0.455 e. The molecule has 1 amide bonds. The molecule has 3 fully saturated rings. The van der Waals surface area contributed by atoms with Crippen LogP contribution in [0.15, 0.2) is 83.4 Å². The van der Waals surface area contributed by atoms with Crippen molar-refractivity contribution in [1.29, 1.82) is 0 Å². The number of nitrogen functional groups attached to an aromatic ring is 1. The zero-order valence-electron chi connectivity index (χ0n) is 35.2. The minimum absolute atomic E-state index is 0.0353. The van der Waals surface area contributed by atoms with Crippen LogP contribution in [0.3, 0.4) is 0 Å². The van der Waals surface area contributed by atoms with Crippen LogP contribution in [0, 0.1) is 21.4 Å². The topological polar surface area (TPSA) is 182 Å². The van der Waals surface area contributed by atoms with E-state index in [1.54, 1.807) is 18.2 Å². The Kier molecular flexibility index (Phi) is 12.8. The van der Waals surface area contributed by atoms with Gasteiger partial charge in [-0.25, -0.2) is 18.1 Å². The Morgan fingerprint density at radius 1 is 1.02 bits per heavy atom. The summed E-state index contributed by atoms with van der Waals surface area (Å²) >= 11 is 6.24. The molecule has 0 spiro atoms. The summed E-state index contributed by atoms with van der Waals surface area (Å²) < 4.78 is 41.3. The molecule has 4 aliphatic rings. The number of aromatic nitrogens is 1. The third kappa shape index (κ3) is 10.3. The zero-order valence-corrected chi connectivity index (χ0v) is 36.8. The highest BCUT2D eigenvalue weighted by Gasteiger charge is 2.31. The highest BCUT2D eigenvalue weighted by Crippen LogP contribution is 2.45. The summed E-state index contributed by atoms with van der Waals surface area (Å²) in [5, 5.41) is 15.9. The standard InChI is InChI=1S/C46H54ClN7O7S/c1-46(2)16-13-33(40(26-46)32-5-7-34(47)8-6-32)29-52-17-19-53(20-18-52)35-9-11-38(43(23-35)61-36-24-39(31-3-4-31)44(48)50-28-36)45(55)51-62(58,59)37-10-12-41(42(25-37)54(56)57)49-27-30-14-21-60-22-15-30/h5-12,23-25,28,30-31,49H,3-4,13-22,26-27,29H2,1-2H3,(H2,48,50)(H,51,55). The largest absolute Gasteiger partial charge is 0.455 e. The molecule has 14 nitrogen and oxygen atoms in total. The van der Waals surface area contributed by atoms with Gasteiger partial charge in [0.15, 0.2) is 0 Å². The summed E-state index contributed by atoms with van der Waals surface area (Å²) in [6.07, 6.45) is 8.31. The molecular formula is C46H54ClN7O7S. The lowest BCUT2D eigenvalue weighted by Crippen LogP contribution is -2.47. The van der Waals surface area contributed by atoms with Crippen LogP contribution in [0.25, 0.3) is 5.57 Å². The molecule has 4 aromatic rings. The number of ether oxygens (including phenoxy) is 2. The molecule has 1 saturated carbocycles. The van der Waals surface area contributed by atoms with E-state index in [1.807, 2.05) is 18.2 Å². The summed E-state index contributed by atoms with van der Waals surface area (Å²) in [5.41, 5.74) is 12.0. The summed E-state index contributed by atoms with van der Waals surface area (Å²) in [6, 6.07) is 18.6. The van der Waals surface area contributed by atoms with Crippen molar-refractivity contribution in [2.75, 3.05) is 68.4 Å². The molecule has 2 saturated heterocycles. The fraction of sp³-hybridized carbons (Fsp3) is 0.435. The highest BCUT2D eigenvalue weighted by molar-refractivity contribution is 7.90. The lowest BCUT2D eigenvalue weighted by atomic mass is 9.72. The smallest absolute Gasteiger partial charge is 0.293 e. The zero-order chi connectivity index (χ0) is 43.6. The van der Waals surface area contributed by atoms with Crippen LogP contribution >= 0.6 is 11.6 Å². The number of nitro groups is 1. The molecule has 2 aliphatic heterocycles. The van der Waals surface area contributed by atoms with Crippen molar-refractivity contribution in [3.8, 4) is 11.5 Å². The van der Waals surface area contributed by atoms with Gasteiger partial charge in [0.1, 0.15) is 23.0 Å². The molecule has 3 aromatic carbocycles. The second kappa shape index (κ2) is 18.2. The van der Waals surface area contributed by atoms with Crippen molar-refractivity contribution >= 4 is 56.0 Å². The first-order valence-electron chi connectivity index (χ1n) is 21.4. The number of sulfonamides is 1. The number of carbonyl (C=O) groups is 1. The van der Waals surface area contributed by atoms with Gasteiger partial charge < -0.3 is 25.4 Å². The molecule has 8 rings (SSSR count). The Bertz CT molecular complexity index is 2460. The van der Waals surface area contributed by atoms with Crippen molar-refractivity contribution < 1.29 is 27.6 Å². The van der Waals surface area contributed by atoms with E-state index in [9.17, 15) is 23.3 Å². The summed E-state index contributed by atoms with van der Waals surface area (Å²) in [7, 11) is -4.56. The predicted molar refractivity (Wildman–Crippen MR) is 242 cm³/mol. The molecule has 0 unspecified atom stereocenters. The molecule has 328 valence electrons. The number of nitrogens with zero attached hydrogens (tertiary/aromatic N) is 4. The van der Waals surface area contributed by atoms with Gasteiger partial charge in [-0.05, 0) is 116 Å². The Morgan fingerprint density at radius 3 is 2.47 bits per heavy atom. The fourth-order valence-corrected chi connectivity index (χ4v) is 9.79. The number of halogens is 1. The Balaban J connectivity index is 1.01. The van der Waals surface area contributed by atoms with Crippen LogP contribution in [0.4, 0.5) is 22.9 Å². The fourth-order valence-electron chi connectivity index (χ4n) is 8.67. The second-order valence-electron chi connectivity index (χ2n) is 17.7. The summed E-state index contributed by atoms with van der Waals surface area (Å²) in [5.74, 6) is 0.517. The molecule has 0 radical (unpaired) electrons. The van der Waals surface area contributed by atoms with Crippen molar-refractivity contribution in [1.82, 2.24) is 14.6 Å². The maximum atomic E-state index is 14.0. The predicted octanol–water partition coefficient (Wildman–Crippen LogP) is 8.64. The van der Waals surface area contributed by atoms with Crippen molar-refractivity contribution in [3.05, 3.63) is 110 Å². The number of rotatable bonds is 14. The number of pyridine rings is 1. The van der Waals surface area contributed by atoms with Crippen LogP contribution in [-0.2, 0) is 14.8 Å². The first-order chi connectivity index (χ1) is 29.7. The molecule has 4 N–H and O–H groups in total. The van der Waals surface area contributed by atoms with Gasteiger partial charge >= 0.3 is 0 Å². The normalized spacial score (nSPS) is 18.7. The third-order valence-corrected chi connectivity index (χ3v) is 14.1. The van der Waals surface area contributed by atoms with E-state index in [0.29, 0.717) is 31.3 Å². The Hall–Kier alpha value is -5.22. The van der Waals surface area contributed by atoms with Gasteiger partial charge in [0.2, 0.25) is 0 Å². The Labute approximate surface area is 368 Å². The van der Waals surface area contributed by atoms with Crippen molar-refractivity contribution in [2.45, 2.75) is 69.6 Å². The van der Waals surface area contributed by atoms with Gasteiger partial charge in [0.25, 0.3) is 21.6 Å². The van der Waals surface area contributed by atoms with E-state index in [2.05, 4.69) is 50.8 Å². The first-order valence-corrected chi connectivity index (χ1v) is 23.3. The van der Waals surface area contributed by atoms with E-state index in [-0.39, 0.29) is 34.3 Å².